The predicted molar refractivity (Wildman–Crippen MR) is 100 cm³/mol. The van der Waals surface area contributed by atoms with Crippen LogP contribution >= 0.6 is 0 Å². The van der Waals surface area contributed by atoms with Gasteiger partial charge in [-0.2, -0.15) is 0 Å². The van der Waals surface area contributed by atoms with Gasteiger partial charge in [-0.3, -0.25) is 9.69 Å². The van der Waals surface area contributed by atoms with Gasteiger partial charge in [-0.1, -0.05) is 43.2 Å². The molecule has 4 unspecified atom stereocenters. The summed E-state index contributed by atoms with van der Waals surface area (Å²) in [5.74, 6) is 0.964. The van der Waals surface area contributed by atoms with Gasteiger partial charge in [0, 0.05) is 25.2 Å². The van der Waals surface area contributed by atoms with Crippen molar-refractivity contribution in [3.63, 3.8) is 0 Å². The molecule has 1 saturated carbocycles. The summed E-state index contributed by atoms with van der Waals surface area (Å²) < 4.78 is 0. The van der Waals surface area contributed by atoms with Gasteiger partial charge in [-0.25, -0.2) is 0 Å². The van der Waals surface area contributed by atoms with Crippen LogP contribution in [0.2, 0.25) is 0 Å². The lowest BCUT2D eigenvalue weighted by molar-refractivity contribution is -0.124. The molecule has 2 N–H and O–H groups in total. The molecule has 3 fully saturated rings. The van der Waals surface area contributed by atoms with E-state index in [-0.39, 0.29) is 11.9 Å². The Morgan fingerprint density at radius 1 is 1.12 bits per heavy atom. The van der Waals surface area contributed by atoms with Crippen LogP contribution in [0.1, 0.15) is 50.5 Å². The average Bonchev–Trinajstić information content (AvgIpc) is 3.07. The Morgan fingerprint density at radius 2 is 1.96 bits per heavy atom. The fraction of sp³-hybridized carbons (Fsp3) is 0.667. The molecule has 4 rings (SSSR count). The fourth-order valence-electron chi connectivity index (χ4n) is 4.98. The Bertz CT molecular complexity index is 562. The maximum atomic E-state index is 12.7. The summed E-state index contributed by atoms with van der Waals surface area (Å²) in [6, 6.07) is 11.6. The molecule has 4 atom stereocenters. The van der Waals surface area contributed by atoms with Crippen molar-refractivity contribution in [1.29, 1.82) is 0 Å². The average molecular weight is 341 g/mol. The first-order valence-electron chi connectivity index (χ1n) is 10.1. The molecule has 3 aliphatic rings. The van der Waals surface area contributed by atoms with Crippen molar-refractivity contribution in [3.8, 4) is 0 Å². The highest BCUT2D eigenvalue weighted by Crippen LogP contribution is 2.33. The molecule has 1 aromatic carbocycles. The van der Waals surface area contributed by atoms with Gasteiger partial charge in [0.2, 0.25) is 5.91 Å². The van der Waals surface area contributed by atoms with Gasteiger partial charge in [0.25, 0.3) is 0 Å². The van der Waals surface area contributed by atoms with Crippen LogP contribution in [0, 0.1) is 5.92 Å². The van der Waals surface area contributed by atoms with Crippen LogP contribution in [0.25, 0.3) is 0 Å². The molecule has 136 valence electrons. The molecule has 0 aromatic heterocycles. The zero-order valence-corrected chi connectivity index (χ0v) is 15.1. The maximum absolute atomic E-state index is 12.7. The topological polar surface area (TPSA) is 44.4 Å². The van der Waals surface area contributed by atoms with Crippen LogP contribution in [0.4, 0.5) is 0 Å². The first kappa shape index (κ1) is 17.0. The van der Waals surface area contributed by atoms with Crippen LogP contribution < -0.4 is 10.6 Å². The van der Waals surface area contributed by atoms with Crippen LogP contribution in [-0.4, -0.2) is 42.0 Å². The Morgan fingerprint density at radius 3 is 2.80 bits per heavy atom. The third-order valence-corrected chi connectivity index (χ3v) is 6.28. The maximum Gasteiger partial charge on any atom is 0.237 e. The number of carbonyl (C=O) groups is 1. The minimum atomic E-state index is 0.0394. The third-order valence-electron chi connectivity index (χ3n) is 6.28. The lowest BCUT2D eigenvalue weighted by Gasteiger charge is -2.33. The molecule has 25 heavy (non-hydrogen) atoms. The fourth-order valence-corrected chi connectivity index (χ4v) is 4.98. The summed E-state index contributed by atoms with van der Waals surface area (Å²) in [4.78, 5) is 15.2. The van der Waals surface area contributed by atoms with Crippen LogP contribution in [-0.2, 0) is 11.3 Å². The Hall–Kier alpha value is -1.39. The van der Waals surface area contributed by atoms with E-state index >= 15 is 0 Å². The van der Waals surface area contributed by atoms with Crippen molar-refractivity contribution in [3.05, 3.63) is 35.9 Å². The molecule has 2 aliphatic heterocycles. The van der Waals surface area contributed by atoms with Gasteiger partial charge in [0.1, 0.15) is 0 Å². The quantitative estimate of drug-likeness (QED) is 0.885. The molecule has 2 heterocycles. The van der Waals surface area contributed by atoms with Gasteiger partial charge in [0.05, 0.1) is 6.04 Å². The van der Waals surface area contributed by atoms with E-state index in [0.717, 1.165) is 38.4 Å². The number of carbonyl (C=O) groups excluding carboxylic acids is 1. The number of hydrogen-bond acceptors (Lipinski definition) is 3. The highest BCUT2D eigenvalue weighted by atomic mass is 16.2. The molecule has 4 nitrogen and oxygen atoms in total. The molecule has 1 aliphatic carbocycles. The lowest BCUT2D eigenvalue weighted by Crippen LogP contribution is -2.52. The second-order valence-corrected chi connectivity index (χ2v) is 8.17. The minimum absolute atomic E-state index is 0.0394. The van der Waals surface area contributed by atoms with E-state index in [1.165, 1.54) is 37.7 Å². The van der Waals surface area contributed by atoms with E-state index in [0.29, 0.717) is 12.1 Å². The summed E-state index contributed by atoms with van der Waals surface area (Å²) in [6.07, 6.45) is 8.53. The van der Waals surface area contributed by atoms with E-state index in [9.17, 15) is 4.79 Å². The summed E-state index contributed by atoms with van der Waals surface area (Å²) in [6.45, 7) is 3.09. The molecule has 0 bridgehead atoms. The minimum Gasteiger partial charge on any atom is -0.351 e. The number of piperidine rings is 1. The van der Waals surface area contributed by atoms with Gasteiger partial charge >= 0.3 is 0 Å². The normalized spacial score (nSPS) is 33.0. The second-order valence-electron chi connectivity index (χ2n) is 8.17. The van der Waals surface area contributed by atoms with Crippen molar-refractivity contribution in [1.82, 2.24) is 15.5 Å². The van der Waals surface area contributed by atoms with Crippen molar-refractivity contribution in [2.24, 2.45) is 5.92 Å². The lowest BCUT2D eigenvalue weighted by atomic mass is 9.85. The molecule has 2 saturated heterocycles. The van der Waals surface area contributed by atoms with Crippen molar-refractivity contribution in [2.75, 3.05) is 13.1 Å². The molecule has 0 radical (unpaired) electrons. The molecule has 1 amide bonds. The molecular weight excluding hydrogens is 310 g/mol. The van der Waals surface area contributed by atoms with Crippen LogP contribution in [0.3, 0.4) is 0 Å². The highest BCUT2D eigenvalue weighted by molar-refractivity contribution is 5.82. The van der Waals surface area contributed by atoms with Crippen LogP contribution in [0.5, 0.6) is 0 Å². The van der Waals surface area contributed by atoms with Crippen molar-refractivity contribution >= 4 is 5.91 Å². The number of hydrogen-bond donors (Lipinski definition) is 2. The monoisotopic (exact) mass is 341 g/mol. The highest BCUT2D eigenvalue weighted by Gasteiger charge is 2.38. The number of amides is 1. The Labute approximate surface area is 151 Å². The van der Waals surface area contributed by atoms with Gasteiger partial charge < -0.3 is 10.6 Å². The number of fused-ring (bicyclic) bond motifs is 1. The van der Waals surface area contributed by atoms with E-state index in [2.05, 4.69) is 45.9 Å². The molecule has 4 heteroatoms. The van der Waals surface area contributed by atoms with Gasteiger partial charge in [-0.15, -0.1) is 0 Å². The summed E-state index contributed by atoms with van der Waals surface area (Å²) >= 11 is 0. The molecule has 1 aromatic rings. The zero-order valence-electron chi connectivity index (χ0n) is 15.1. The van der Waals surface area contributed by atoms with Crippen molar-refractivity contribution < 1.29 is 4.79 Å². The van der Waals surface area contributed by atoms with Crippen molar-refractivity contribution in [2.45, 2.75) is 69.6 Å². The Balaban J connectivity index is 1.28. The van der Waals surface area contributed by atoms with Gasteiger partial charge in [-0.05, 0) is 50.1 Å². The van der Waals surface area contributed by atoms with Crippen LogP contribution in [0.15, 0.2) is 30.3 Å². The van der Waals surface area contributed by atoms with Gasteiger partial charge in [0.15, 0.2) is 0 Å². The number of likely N-dealkylation sites (tertiary alicyclic amines) is 1. The summed E-state index contributed by atoms with van der Waals surface area (Å²) in [5, 5.41) is 6.95. The van der Waals surface area contributed by atoms with E-state index in [1.807, 2.05) is 0 Å². The largest absolute Gasteiger partial charge is 0.351 e. The number of rotatable bonds is 4. The second kappa shape index (κ2) is 7.88. The first-order chi connectivity index (χ1) is 12.3. The molecule has 0 spiro atoms. The number of nitrogens with one attached hydrogen (secondary N) is 2. The Kier molecular flexibility index (Phi) is 5.37. The molecular formula is C21H31N3O. The van der Waals surface area contributed by atoms with E-state index in [4.69, 9.17) is 0 Å². The SMILES string of the molecule is O=C(NC1CCCN(Cc2ccccc2)C1)C1CC2CCCCC2N1. The predicted octanol–water partition coefficient (Wildman–Crippen LogP) is 2.69. The van der Waals surface area contributed by atoms with E-state index < -0.39 is 0 Å². The summed E-state index contributed by atoms with van der Waals surface area (Å²) in [5.41, 5.74) is 1.36. The number of benzene rings is 1. The zero-order chi connectivity index (χ0) is 17.1. The third kappa shape index (κ3) is 4.24. The summed E-state index contributed by atoms with van der Waals surface area (Å²) in [7, 11) is 0. The smallest absolute Gasteiger partial charge is 0.237 e. The number of nitrogens with zero attached hydrogens (tertiary/aromatic N) is 1. The standard InChI is InChI=1S/C21H31N3O/c25-21(20-13-17-9-4-5-11-19(17)23-20)22-18-10-6-12-24(15-18)14-16-7-2-1-3-8-16/h1-3,7-8,17-20,23H,4-6,9-15H2,(H,22,25). The first-order valence-corrected chi connectivity index (χ1v) is 10.1. The van der Waals surface area contributed by atoms with E-state index in [1.54, 1.807) is 0 Å².